The molecule has 0 aliphatic rings. The quantitative estimate of drug-likeness (QED) is 0.128. The summed E-state index contributed by atoms with van der Waals surface area (Å²) >= 11 is 1.85. The van der Waals surface area contributed by atoms with Gasteiger partial charge in [-0.25, -0.2) is 0 Å². The Bertz CT molecular complexity index is 1440. The number of aromatic nitrogens is 1. The summed E-state index contributed by atoms with van der Waals surface area (Å²) in [4.78, 5) is 14.7. The number of nitrogens with zero attached hydrogens (tertiary/aromatic N) is 1. The van der Waals surface area contributed by atoms with Crippen LogP contribution in [0.5, 0.6) is 0 Å². The second kappa shape index (κ2) is 10.2. The maximum absolute atomic E-state index is 10.0. The number of hydrogen-bond donors (Lipinski definition) is 1. The summed E-state index contributed by atoms with van der Waals surface area (Å²) in [7, 11) is 0. The van der Waals surface area contributed by atoms with E-state index in [0.717, 1.165) is 11.3 Å². The van der Waals surface area contributed by atoms with Crippen LogP contribution >= 0.6 is 11.3 Å². The van der Waals surface area contributed by atoms with Gasteiger partial charge in [0, 0.05) is 37.1 Å². The van der Waals surface area contributed by atoms with Crippen molar-refractivity contribution in [3.05, 3.63) is 90.3 Å². The van der Waals surface area contributed by atoms with Crippen LogP contribution < -0.4 is 0 Å². The molecule has 3 nitrogen and oxygen atoms in total. The van der Waals surface area contributed by atoms with Gasteiger partial charge in [0.15, 0.2) is 5.78 Å². The van der Waals surface area contributed by atoms with Crippen LogP contribution in [0.15, 0.2) is 78.7 Å². The minimum absolute atomic E-state index is 0. The number of hydrogen-bond acceptors (Lipinski definition) is 4. The molecule has 5 aromatic rings. The third-order valence-electron chi connectivity index (χ3n) is 4.98. The van der Waals surface area contributed by atoms with Gasteiger partial charge in [-0.05, 0) is 59.0 Å². The van der Waals surface area contributed by atoms with Crippen LogP contribution in [0.25, 0.3) is 42.2 Å². The molecule has 3 aromatic carbocycles. The fourth-order valence-electron chi connectivity index (χ4n) is 3.69. The zero-order valence-electron chi connectivity index (χ0n) is 18.0. The first kappa shape index (κ1) is 23.8. The Morgan fingerprint density at radius 2 is 1.69 bits per heavy atom. The Morgan fingerprint density at radius 1 is 0.969 bits per heavy atom. The Morgan fingerprint density at radius 3 is 2.41 bits per heavy atom. The van der Waals surface area contributed by atoms with Crippen LogP contribution in [-0.2, 0) is 24.9 Å². The molecule has 0 aliphatic carbocycles. The van der Waals surface area contributed by atoms with Crippen molar-refractivity contribution >= 4 is 48.1 Å². The molecular weight excluding hydrogens is 595 g/mol. The number of fused-ring (bicyclic) bond motifs is 4. The number of allylic oxidation sites excluding steroid dienone is 2. The first-order valence-corrected chi connectivity index (χ1v) is 10.8. The Labute approximate surface area is 204 Å². The van der Waals surface area contributed by atoms with Gasteiger partial charge in [-0.3, -0.25) is 4.79 Å². The fraction of sp³-hybridized carbons (Fsp3) is 0.111. The van der Waals surface area contributed by atoms with Crippen molar-refractivity contribution in [1.29, 1.82) is 0 Å². The van der Waals surface area contributed by atoms with Crippen LogP contribution in [0.3, 0.4) is 0 Å². The van der Waals surface area contributed by atoms with Crippen LogP contribution in [0.4, 0.5) is 0 Å². The van der Waals surface area contributed by atoms with E-state index >= 15 is 0 Å². The number of aryl methyl sites for hydroxylation is 1. The monoisotopic (exact) mass is 617 g/mol. The Balaban J connectivity index is 0.000000318. The predicted molar refractivity (Wildman–Crippen MR) is 131 cm³/mol. The van der Waals surface area contributed by atoms with Gasteiger partial charge in [0.1, 0.15) is 0 Å². The molecule has 0 saturated heterocycles. The number of aliphatic hydroxyl groups excluding tert-OH is 1. The minimum atomic E-state index is -0.125. The van der Waals surface area contributed by atoms with E-state index in [2.05, 4.69) is 67.6 Å². The number of benzene rings is 3. The molecule has 5 rings (SSSR count). The molecule has 2 aromatic heterocycles. The van der Waals surface area contributed by atoms with Crippen LogP contribution in [0.1, 0.15) is 19.4 Å². The van der Waals surface area contributed by atoms with Crippen molar-refractivity contribution in [1.82, 2.24) is 4.98 Å². The van der Waals surface area contributed by atoms with E-state index in [0.29, 0.717) is 0 Å². The van der Waals surface area contributed by atoms with Crippen molar-refractivity contribution in [2.24, 2.45) is 0 Å². The zero-order chi connectivity index (χ0) is 22.0. The average molecular weight is 617 g/mol. The standard InChI is InChI=1S/C22H14NS.C5H8O2.Ir/c1-14-6-4-9-17-18-10-5-11-19(22(18)24-21(14)17)20-16-8-3-2-7-15(16)12-13-23-20;1-4(6)3-5(2)7;/h2-10,12-13H,1H3;3,6H,1-2H3;/q-1;;/b;4-3-;. The summed E-state index contributed by atoms with van der Waals surface area (Å²) in [6.07, 6.45) is 3.06. The smallest absolute Gasteiger partial charge is 0.155 e. The van der Waals surface area contributed by atoms with E-state index in [9.17, 15) is 4.79 Å². The molecule has 2 heterocycles. The largest absolute Gasteiger partial charge is 0.512 e. The normalized spacial score (nSPS) is 11.2. The summed E-state index contributed by atoms with van der Waals surface area (Å²) in [6.45, 7) is 5.03. The van der Waals surface area contributed by atoms with E-state index in [-0.39, 0.29) is 31.6 Å². The van der Waals surface area contributed by atoms with Crippen molar-refractivity contribution in [3.8, 4) is 11.3 Å². The molecule has 0 saturated carbocycles. The maximum atomic E-state index is 10.0. The molecule has 0 fully saturated rings. The second-order valence-electron chi connectivity index (χ2n) is 7.43. The molecule has 0 unspecified atom stereocenters. The summed E-state index contributed by atoms with van der Waals surface area (Å²) < 4.78 is 2.62. The molecule has 0 atom stereocenters. The van der Waals surface area contributed by atoms with Crippen molar-refractivity contribution in [2.75, 3.05) is 0 Å². The summed E-state index contributed by atoms with van der Waals surface area (Å²) in [5.41, 5.74) is 3.44. The number of aliphatic hydroxyl groups is 1. The number of carbonyl (C=O) groups excluding carboxylic acids is 1. The molecule has 1 radical (unpaired) electrons. The number of ketones is 1. The molecule has 0 aliphatic heterocycles. The van der Waals surface area contributed by atoms with Gasteiger partial charge in [-0.15, -0.1) is 23.8 Å². The summed E-state index contributed by atoms with van der Waals surface area (Å²) in [5, 5.41) is 13.4. The molecule has 32 heavy (non-hydrogen) atoms. The Hall–Kier alpha value is -2.85. The molecule has 163 valence electrons. The van der Waals surface area contributed by atoms with Gasteiger partial charge in [-0.2, -0.15) is 11.3 Å². The number of carbonyl (C=O) groups is 1. The molecule has 0 amide bonds. The number of rotatable bonds is 2. The van der Waals surface area contributed by atoms with E-state index in [4.69, 9.17) is 10.1 Å². The van der Waals surface area contributed by atoms with Crippen LogP contribution in [-0.4, -0.2) is 15.9 Å². The third-order valence-corrected chi connectivity index (χ3v) is 6.35. The summed E-state index contributed by atoms with van der Waals surface area (Å²) in [5.74, 6) is -0.0625. The van der Waals surface area contributed by atoms with E-state index in [1.165, 1.54) is 56.4 Å². The molecule has 5 heteroatoms. The number of thiophene rings is 1. The van der Waals surface area contributed by atoms with Gasteiger partial charge in [0.05, 0.1) is 5.76 Å². The van der Waals surface area contributed by atoms with Crippen LogP contribution in [0.2, 0.25) is 0 Å². The van der Waals surface area contributed by atoms with Gasteiger partial charge in [0.25, 0.3) is 0 Å². The topological polar surface area (TPSA) is 50.2 Å². The molecule has 0 spiro atoms. The first-order chi connectivity index (χ1) is 15.0. The van der Waals surface area contributed by atoms with E-state index in [1.54, 1.807) is 0 Å². The van der Waals surface area contributed by atoms with Gasteiger partial charge >= 0.3 is 0 Å². The Kier molecular flexibility index (Phi) is 7.57. The maximum Gasteiger partial charge on any atom is 0.155 e. The van der Waals surface area contributed by atoms with Crippen LogP contribution in [0, 0.1) is 13.0 Å². The van der Waals surface area contributed by atoms with Crippen molar-refractivity contribution < 1.29 is 30.0 Å². The second-order valence-corrected chi connectivity index (χ2v) is 8.45. The van der Waals surface area contributed by atoms with Crippen molar-refractivity contribution in [2.45, 2.75) is 20.8 Å². The van der Waals surface area contributed by atoms with Gasteiger partial charge in [-0.1, -0.05) is 47.9 Å². The zero-order valence-corrected chi connectivity index (χ0v) is 21.2. The third kappa shape index (κ3) is 4.81. The molecular formula is C27H22IrNO2S-. The average Bonchev–Trinajstić information content (AvgIpc) is 3.13. The van der Waals surface area contributed by atoms with Gasteiger partial charge < -0.3 is 10.1 Å². The predicted octanol–water partition coefficient (Wildman–Crippen LogP) is 7.41. The fourth-order valence-corrected chi connectivity index (χ4v) is 4.96. The number of pyridine rings is 1. The SMILES string of the molecule is CC(=O)/C=C(/C)O.Cc1cccc2c1sc1c(-c3nccc4ccccc34)[c-]ccc12.[Ir]. The van der Waals surface area contributed by atoms with Crippen molar-refractivity contribution in [3.63, 3.8) is 0 Å². The van der Waals surface area contributed by atoms with Gasteiger partial charge in [0.2, 0.25) is 0 Å². The minimum Gasteiger partial charge on any atom is -0.512 e. The first-order valence-electron chi connectivity index (χ1n) is 10.00. The summed E-state index contributed by atoms with van der Waals surface area (Å²) in [6, 6.07) is 24.6. The molecule has 1 N–H and O–H groups in total. The van der Waals surface area contributed by atoms with E-state index in [1.807, 2.05) is 23.6 Å². The molecule has 0 bridgehead atoms. The van der Waals surface area contributed by atoms with E-state index < -0.39 is 0 Å².